The maximum absolute atomic E-state index is 13.2. The van der Waals surface area contributed by atoms with Gasteiger partial charge in [-0.05, 0) is 49.7 Å². The standard InChI is InChI=1S/C23H25N3O2/c1-16-11-12-20(25-17(16)2)18-8-7-9-19(14-18)23(27)26(3)22(15-28-4)21-10-5-6-13-24-21/h5-14,22H,15H2,1-4H3/t22-/m1/s1. The number of benzene rings is 1. The Balaban J connectivity index is 1.90. The summed E-state index contributed by atoms with van der Waals surface area (Å²) in [6.45, 7) is 4.40. The summed E-state index contributed by atoms with van der Waals surface area (Å²) in [4.78, 5) is 23.9. The van der Waals surface area contributed by atoms with Gasteiger partial charge in [0.05, 0.1) is 24.0 Å². The van der Waals surface area contributed by atoms with Gasteiger partial charge in [0.25, 0.3) is 5.91 Å². The minimum absolute atomic E-state index is 0.0848. The largest absolute Gasteiger partial charge is 0.382 e. The van der Waals surface area contributed by atoms with Gasteiger partial charge in [0, 0.05) is 37.2 Å². The molecule has 3 rings (SSSR count). The Bertz CT molecular complexity index is 957. The van der Waals surface area contributed by atoms with Crippen LogP contribution in [0.25, 0.3) is 11.3 Å². The Labute approximate surface area is 166 Å². The molecule has 144 valence electrons. The minimum atomic E-state index is -0.262. The molecule has 0 aliphatic heterocycles. The third kappa shape index (κ3) is 4.26. The van der Waals surface area contributed by atoms with Crippen LogP contribution in [-0.4, -0.2) is 41.5 Å². The Morgan fingerprint density at radius 2 is 1.93 bits per heavy atom. The Morgan fingerprint density at radius 1 is 1.11 bits per heavy atom. The normalized spacial score (nSPS) is 11.9. The van der Waals surface area contributed by atoms with Crippen molar-refractivity contribution in [3.8, 4) is 11.3 Å². The van der Waals surface area contributed by atoms with Crippen LogP contribution in [0.3, 0.4) is 0 Å². The molecule has 0 aliphatic rings. The van der Waals surface area contributed by atoms with Crippen LogP contribution in [0.2, 0.25) is 0 Å². The number of methoxy groups -OCH3 is 1. The average molecular weight is 375 g/mol. The number of aromatic nitrogens is 2. The fourth-order valence-corrected chi connectivity index (χ4v) is 3.07. The molecule has 1 aromatic carbocycles. The van der Waals surface area contributed by atoms with E-state index in [2.05, 4.69) is 9.97 Å². The lowest BCUT2D eigenvalue weighted by molar-refractivity contribution is 0.0595. The van der Waals surface area contributed by atoms with E-state index in [0.717, 1.165) is 28.2 Å². The zero-order chi connectivity index (χ0) is 20.1. The third-order valence-corrected chi connectivity index (χ3v) is 4.90. The van der Waals surface area contributed by atoms with Crippen LogP contribution in [-0.2, 0) is 4.74 Å². The summed E-state index contributed by atoms with van der Waals surface area (Å²) in [7, 11) is 3.40. The first kappa shape index (κ1) is 19.7. The fourth-order valence-electron chi connectivity index (χ4n) is 3.07. The van der Waals surface area contributed by atoms with Crippen LogP contribution >= 0.6 is 0 Å². The van der Waals surface area contributed by atoms with E-state index < -0.39 is 0 Å². The number of ether oxygens (including phenoxy) is 1. The van der Waals surface area contributed by atoms with Crippen molar-refractivity contribution in [3.63, 3.8) is 0 Å². The number of pyridine rings is 2. The van der Waals surface area contributed by atoms with Crippen LogP contribution in [0.5, 0.6) is 0 Å². The van der Waals surface area contributed by atoms with E-state index in [1.165, 1.54) is 0 Å². The van der Waals surface area contributed by atoms with Gasteiger partial charge in [-0.3, -0.25) is 14.8 Å². The molecule has 5 nitrogen and oxygen atoms in total. The first-order valence-electron chi connectivity index (χ1n) is 9.23. The van der Waals surface area contributed by atoms with Gasteiger partial charge in [-0.2, -0.15) is 0 Å². The smallest absolute Gasteiger partial charge is 0.254 e. The fraction of sp³-hybridized carbons (Fsp3) is 0.261. The number of hydrogen-bond acceptors (Lipinski definition) is 4. The van der Waals surface area contributed by atoms with Crippen molar-refractivity contribution in [1.82, 2.24) is 14.9 Å². The first-order valence-corrected chi connectivity index (χ1v) is 9.23. The number of aryl methyl sites for hydroxylation is 2. The number of carbonyl (C=O) groups excluding carboxylic acids is 1. The molecule has 0 saturated carbocycles. The molecule has 0 aliphatic carbocycles. The van der Waals surface area contributed by atoms with Crippen molar-refractivity contribution in [1.29, 1.82) is 0 Å². The zero-order valence-electron chi connectivity index (χ0n) is 16.7. The second kappa shape index (κ2) is 8.76. The molecule has 0 spiro atoms. The minimum Gasteiger partial charge on any atom is -0.382 e. The molecular formula is C23H25N3O2. The maximum atomic E-state index is 13.2. The van der Waals surface area contributed by atoms with Crippen molar-refractivity contribution in [3.05, 3.63) is 83.3 Å². The number of hydrogen-bond donors (Lipinski definition) is 0. The van der Waals surface area contributed by atoms with Gasteiger partial charge < -0.3 is 9.64 Å². The number of carbonyl (C=O) groups is 1. The number of nitrogens with zero attached hydrogens (tertiary/aromatic N) is 3. The summed E-state index contributed by atoms with van der Waals surface area (Å²) >= 11 is 0. The quantitative estimate of drug-likeness (QED) is 0.647. The van der Waals surface area contributed by atoms with Crippen LogP contribution in [0.4, 0.5) is 0 Å². The highest BCUT2D eigenvalue weighted by Crippen LogP contribution is 2.23. The van der Waals surface area contributed by atoms with Crippen molar-refractivity contribution in [2.45, 2.75) is 19.9 Å². The molecule has 2 heterocycles. The highest BCUT2D eigenvalue weighted by atomic mass is 16.5. The molecule has 0 unspecified atom stereocenters. The van der Waals surface area contributed by atoms with Crippen molar-refractivity contribution in [2.24, 2.45) is 0 Å². The van der Waals surface area contributed by atoms with Gasteiger partial charge >= 0.3 is 0 Å². The highest BCUT2D eigenvalue weighted by molar-refractivity contribution is 5.95. The topological polar surface area (TPSA) is 55.3 Å². The molecule has 0 fully saturated rings. The summed E-state index contributed by atoms with van der Waals surface area (Å²) in [6.07, 6.45) is 1.72. The predicted octanol–water partition coefficient (Wildman–Crippen LogP) is 4.22. The Morgan fingerprint density at radius 3 is 2.61 bits per heavy atom. The van der Waals surface area contributed by atoms with E-state index in [4.69, 9.17) is 4.74 Å². The van der Waals surface area contributed by atoms with E-state index in [-0.39, 0.29) is 11.9 Å². The lowest BCUT2D eigenvalue weighted by Gasteiger charge is -2.27. The molecule has 28 heavy (non-hydrogen) atoms. The Kier molecular flexibility index (Phi) is 6.16. The van der Waals surface area contributed by atoms with Gasteiger partial charge in [0.1, 0.15) is 0 Å². The van der Waals surface area contributed by atoms with Crippen LogP contribution in [0.1, 0.15) is 33.4 Å². The average Bonchev–Trinajstić information content (AvgIpc) is 2.73. The summed E-state index contributed by atoms with van der Waals surface area (Å²) in [5, 5.41) is 0. The molecule has 2 aromatic heterocycles. The highest BCUT2D eigenvalue weighted by Gasteiger charge is 2.24. The first-order chi connectivity index (χ1) is 13.5. The van der Waals surface area contributed by atoms with E-state index in [9.17, 15) is 4.79 Å². The monoisotopic (exact) mass is 375 g/mol. The molecular weight excluding hydrogens is 350 g/mol. The lowest BCUT2D eigenvalue weighted by Crippen LogP contribution is -2.34. The van der Waals surface area contributed by atoms with Gasteiger partial charge in [-0.15, -0.1) is 0 Å². The van der Waals surface area contributed by atoms with Crippen molar-refractivity contribution in [2.75, 3.05) is 20.8 Å². The van der Waals surface area contributed by atoms with E-state index in [0.29, 0.717) is 12.2 Å². The van der Waals surface area contributed by atoms with Crippen LogP contribution < -0.4 is 0 Å². The summed E-state index contributed by atoms with van der Waals surface area (Å²) in [5.41, 5.74) is 5.32. The number of likely N-dealkylation sites (N-methyl/N-ethyl adjacent to an activating group) is 1. The predicted molar refractivity (Wildman–Crippen MR) is 110 cm³/mol. The SMILES string of the molecule is COC[C@H](c1ccccn1)N(C)C(=O)c1cccc(-c2ccc(C)c(C)n2)c1. The van der Waals surface area contributed by atoms with Gasteiger partial charge in [-0.1, -0.05) is 24.3 Å². The summed E-state index contributed by atoms with van der Waals surface area (Å²) < 4.78 is 5.34. The molecule has 0 N–H and O–H groups in total. The van der Waals surface area contributed by atoms with Crippen molar-refractivity contribution >= 4 is 5.91 Å². The van der Waals surface area contributed by atoms with Gasteiger partial charge in [0.15, 0.2) is 0 Å². The molecule has 1 amide bonds. The summed E-state index contributed by atoms with van der Waals surface area (Å²) in [5.74, 6) is -0.0848. The molecule has 5 heteroatoms. The molecule has 1 atom stereocenters. The summed E-state index contributed by atoms with van der Waals surface area (Å²) in [6, 6.07) is 17.0. The molecule has 0 bridgehead atoms. The molecule has 0 saturated heterocycles. The van der Waals surface area contributed by atoms with Crippen molar-refractivity contribution < 1.29 is 9.53 Å². The van der Waals surface area contributed by atoms with E-state index >= 15 is 0 Å². The number of amides is 1. The third-order valence-electron chi connectivity index (χ3n) is 4.90. The maximum Gasteiger partial charge on any atom is 0.254 e. The second-order valence-electron chi connectivity index (χ2n) is 6.82. The molecule has 3 aromatic rings. The van der Waals surface area contributed by atoms with E-state index in [1.54, 1.807) is 25.3 Å². The Hall–Kier alpha value is -3.05. The lowest BCUT2D eigenvalue weighted by atomic mass is 10.0. The van der Waals surface area contributed by atoms with E-state index in [1.807, 2.05) is 68.4 Å². The van der Waals surface area contributed by atoms with Crippen LogP contribution in [0, 0.1) is 13.8 Å². The number of rotatable bonds is 6. The molecule has 0 radical (unpaired) electrons. The second-order valence-corrected chi connectivity index (χ2v) is 6.82. The van der Waals surface area contributed by atoms with Crippen LogP contribution in [0.15, 0.2) is 60.8 Å². The van der Waals surface area contributed by atoms with Gasteiger partial charge in [0.2, 0.25) is 0 Å². The van der Waals surface area contributed by atoms with Gasteiger partial charge in [-0.25, -0.2) is 0 Å². The zero-order valence-corrected chi connectivity index (χ0v) is 16.7.